The van der Waals surface area contributed by atoms with Gasteiger partial charge in [0.2, 0.25) is 5.91 Å². The molecule has 0 saturated carbocycles. The van der Waals surface area contributed by atoms with Crippen LogP contribution in [0.15, 0.2) is 18.2 Å². The number of likely N-dealkylation sites (N-methyl/N-ethyl adjacent to an activating group) is 1. The highest BCUT2D eigenvalue weighted by Gasteiger charge is 2.26. The van der Waals surface area contributed by atoms with Crippen molar-refractivity contribution in [2.24, 2.45) is 0 Å². The molecule has 114 valence electrons. The van der Waals surface area contributed by atoms with Gasteiger partial charge >= 0.3 is 0 Å². The second-order valence-electron chi connectivity index (χ2n) is 5.45. The number of amides is 2. The third-order valence-corrected chi connectivity index (χ3v) is 4.13. The third-order valence-electron chi connectivity index (χ3n) is 4.13. The number of halogens is 1. The highest BCUT2D eigenvalue weighted by molar-refractivity contribution is 5.98. The lowest BCUT2D eigenvalue weighted by atomic mass is 10.00. The van der Waals surface area contributed by atoms with E-state index in [9.17, 15) is 9.59 Å². The van der Waals surface area contributed by atoms with Gasteiger partial charge < -0.3 is 15.5 Å². The number of fused-ring (bicyclic) bond motifs is 1. The molecule has 1 aromatic carbocycles. The van der Waals surface area contributed by atoms with Crippen molar-refractivity contribution in [2.45, 2.75) is 25.3 Å². The minimum absolute atomic E-state index is 0. The highest BCUT2D eigenvalue weighted by Crippen LogP contribution is 2.24. The van der Waals surface area contributed by atoms with Gasteiger partial charge in [-0.05, 0) is 43.7 Å². The van der Waals surface area contributed by atoms with Gasteiger partial charge in [-0.3, -0.25) is 9.59 Å². The quantitative estimate of drug-likeness (QED) is 0.869. The Balaban J connectivity index is 0.00000161. The van der Waals surface area contributed by atoms with E-state index in [0.29, 0.717) is 18.9 Å². The zero-order valence-electron chi connectivity index (χ0n) is 12.0. The fraction of sp³-hybridized carbons (Fsp3) is 0.467. The summed E-state index contributed by atoms with van der Waals surface area (Å²) < 4.78 is 0. The second-order valence-corrected chi connectivity index (χ2v) is 5.45. The molecule has 2 aliphatic rings. The monoisotopic (exact) mass is 309 g/mol. The molecule has 1 saturated heterocycles. The van der Waals surface area contributed by atoms with Gasteiger partial charge in [-0.25, -0.2) is 0 Å². The largest absolute Gasteiger partial charge is 0.337 e. The molecule has 0 bridgehead atoms. The predicted molar refractivity (Wildman–Crippen MR) is 84.0 cm³/mol. The molecule has 1 unspecified atom stereocenters. The number of nitrogens with zero attached hydrogens (tertiary/aromatic N) is 1. The molecule has 5 nitrogen and oxygen atoms in total. The molecule has 2 heterocycles. The summed E-state index contributed by atoms with van der Waals surface area (Å²) in [4.78, 5) is 25.7. The summed E-state index contributed by atoms with van der Waals surface area (Å²) >= 11 is 0. The van der Waals surface area contributed by atoms with E-state index in [-0.39, 0.29) is 24.2 Å². The Morgan fingerprint density at radius 2 is 2.19 bits per heavy atom. The SMILES string of the molecule is CNC1CCN(C(=O)c2ccc3c(c2)CCC(=O)N3)C1.Cl. The lowest BCUT2D eigenvalue weighted by molar-refractivity contribution is -0.116. The molecule has 0 spiro atoms. The van der Waals surface area contributed by atoms with Crippen LogP contribution in [0.5, 0.6) is 0 Å². The van der Waals surface area contributed by atoms with Gasteiger partial charge in [-0.15, -0.1) is 12.4 Å². The number of aryl methyl sites for hydroxylation is 1. The second kappa shape index (κ2) is 6.45. The van der Waals surface area contributed by atoms with Gasteiger partial charge in [-0.2, -0.15) is 0 Å². The molecule has 0 aromatic heterocycles. The molecule has 0 aliphatic carbocycles. The van der Waals surface area contributed by atoms with Gasteiger partial charge in [0, 0.05) is 36.8 Å². The summed E-state index contributed by atoms with van der Waals surface area (Å²) in [6.45, 7) is 1.57. The fourth-order valence-electron chi connectivity index (χ4n) is 2.88. The Kier molecular flexibility index (Phi) is 4.85. The number of carbonyl (C=O) groups is 2. The van der Waals surface area contributed by atoms with E-state index in [1.54, 1.807) is 6.07 Å². The number of hydrogen-bond donors (Lipinski definition) is 2. The van der Waals surface area contributed by atoms with Crippen LogP contribution in [0.1, 0.15) is 28.8 Å². The van der Waals surface area contributed by atoms with E-state index < -0.39 is 0 Å². The smallest absolute Gasteiger partial charge is 0.253 e. The number of benzene rings is 1. The van der Waals surface area contributed by atoms with Crippen molar-refractivity contribution < 1.29 is 9.59 Å². The van der Waals surface area contributed by atoms with E-state index in [1.807, 2.05) is 24.1 Å². The van der Waals surface area contributed by atoms with Crippen LogP contribution in [-0.2, 0) is 11.2 Å². The van der Waals surface area contributed by atoms with Crippen molar-refractivity contribution in [1.82, 2.24) is 10.2 Å². The van der Waals surface area contributed by atoms with Crippen LogP contribution in [-0.4, -0.2) is 42.9 Å². The van der Waals surface area contributed by atoms with Crippen LogP contribution in [0, 0.1) is 0 Å². The van der Waals surface area contributed by atoms with Crippen LogP contribution in [0.25, 0.3) is 0 Å². The Morgan fingerprint density at radius 3 is 2.90 bits per heavy atom. The van der Waals surface area contributed by atoms with Crippen LogP contribution in [0.4, 0.5) is 5.69 Å². The number of hydrogen-bond acceptors (Lipinski definition) is 3. The summed E-state index contributed by atoms with van der Waals surface area (Å²) in [5.74, 6) is 0.135. The first-order chi connectivity index (χ1) is 9.67. The predicted octanol–water partition coefficient (Wildman–Crippen LogP) is 1.43. The van der Waals surface area contributed by atoms with Crippen LogP contribution in [0.2, 0.25) is 0 Å². The summed E-state index contributed by atoms with van der Waals surface area (Å²) in [7, 11) is 1.93. The molecule has 0 radical (unpaired) electrons. The van der Waals surface area contributed by atoms with Crippen LogP contribution >= 0.6 is 12.4 Å². The maximum absolute atomic E-state index is 12.5. The zero-order chi connectivity index (χ0) is 14.1. The van der Waals surface area contributed by atoms with Crippen LogP contribution < -0.4 is 10.6 Å². The summed E-state index contributed by atoms with van der Waals surface area (Å²) in [5, 5.41) is 6.05. The molecule has 2 aliphatic heterocycles. The third kappa shape index (κ3) is 3.19. The average molecular weight is 310 g/mol. The first kappa shape index (κ1) is 15.8. The summed E-state index contributed by atoms with van der Waals surface area (Å²) in [6, 6.07) is 5.96. The summed E-state index contributed by atoms with van der Waals surface area (Å²) in [5.41, 5.74) is 2.61. The Bertz CT molecular complexity index is 562. The van der Waals surface area contributed by atoms with Gasteiger partial charge in [0.05, 0.1) is 0 Å². The average Bonchev–Trinajstić information content (AvgIpc) is 2.95. The molecular formula is C15H20ClN3O2. The van der Waals surface area contributed by atoms with Gasteiger partial charge in [0.25, 0.3) is 5.91 Å². The molecule has 6 heteroatoms. The van der Waals surface area contributed by atoms with Gasteiger partial charge in [0.15, 0.2) is 0 Å². The van der Waals surface area contributed by atoms with E-state index in [4.69, 9.17) is 0 Å². The topological polar surface area (TPSA) is 61.4 Å². The van der Waals surface area contributed by atoms with Crippen LogP contribution in [0.3, 0.4) is 0 Å². The van der Waals surface area contributed by atoms with Crippen molar-refractivity contribution >= 4 is 29.9 Å². The number of anilines is 1. The molecule has 2 N–H and O–H groups in total. The van der Waals surface area contributed by atoms with E-state index in [2.05, 4.69) is 10.6 Å². The minimum atomic E-state index is 0. The molecule has 21 heavy (non-hydrogen) atoms. The summed E-state index contributed by atoms with van der Waals surface area (Å²) in [6.07, 6.45) is 2.21. The van der Waals surface area contributed by atoms with Crippen molar-refractivity contribution in [3.05, 3.63) is 29.3 Å². The van der Waals surface area contributed by atoms with E-state index >= 15 is 0 Å². The maximum Gasteiger partial charge on any atom is 0.253 e. The Morgan fingerprint density at radius 1 is 1.38 bits per heavy atom. The lowest BCUT2D eigenvalue weighted by Crippen LogP contribution is -2.33. The number of rotatable bonds is 2. The zero-order valence-corrected chi connectivity index (χ0v) is 12.8. The fourth-order valence-corrected chi connectivity index (χ4v) is 2.88. The van der Waals surface area contributed by atoms with Crippen molar-refractivity contribution in [1.29, 1.82) is 0 Å². The van der Waals surface area contributed by atoms with Gasteiger partial charge in [0.1, 0.15) is 0 Å². The first-order valence-corrected chi connectivity index (χ1v) is 7.06. The molecule has 1 aromatic rings. The molecule has 3 rings (SSSR count). The Hall–Kier alpha value is -1.59. The number of carbonyl (C=O) groups excluding carboxylic acids is 2. The standard InChI is InChI=1S/C15H19N3O2.ClH/c1-16-12-6-7-18(9-12)15(20)11-2-4-13-10(8-11)3-5-14(19)17-13;/h2,4,8,12,16H,3,5-7,9H2,1H3,(H,17,19);1H. The molecule has 1 atom stereocenters. The number of likely N-dealkylation sites (tertiary alicyclic amines) is 1. The minimum Gasteiger partial charge on any atom is -0.337 e. The normalized spacial score (nSPS) is 20.5. The van der Waals surface area contributed by atoms with Crippen molar-refractivity contribution in [3.8, 4) is 0 Å². The molecule has 1 fully saturated rings. The van der Waals surface area contributed by atoms with Crippen molar-refractivity contribution in [3.63, 3.8) is 0 Å². The highest BCUT2D eigenvalue weighted by atomic mass is 35.5. The van der Waals surface area contributed by atoms with E-state index in [1.165, 1.54) is 0 Å². The molecular weight excluding hydrogens is 290 g/mol. The number of nitrogens with one attached hydrogen (secondary N) is 2. The first-order valence-electron chi connectivity index (χ1n) is 7.06. The molecule has 2 amide bonds. The lowest BCUT2D eigenvalue weighted by Gasteiger charge is -2.20. The Labute approximate surface area is 130 Å². The van der Waals surface area contributed by atoms with Gasteiger partial charge in [-0.1, -0.05) is 0 Å². The maximum atomic E-state index is 12.5. The van der Waals surface area contributed by atoms with Crippen molar-refractivity contribution in [2.75, 3.05) is 25.5 Å². The van der Waals surface area contributed by atoms with E-state index in [0.717, 1.165) is 36.3 Å².